The van der Waals surface area contributed by atoms with E-state index in [9.17, 15) is 4.39 Å². The highest BCUT2D eigenvalue weighted by Crippen LogP contribution is 2.20. The van der Waals surface area contributed by atoms with Crippen molar-refractivity contribution >= 4 is 11.3 Å². The molecule has 0 saturated heterocycles. The fraction of sp³-hybridized carbons (Fsp3) is 0.375. The molecule has 0 radical (unpaired) electrons. The molecule has 2 rings (SSSR count). The second kappa shape index (κ2) is 8.02. The van der Waals surface area contributed by atoms with E-state index in [0.717, 1.165) is 30.7 Å². The Hall–Kier alpha value is -1.39. The Balaban J connectivity index is 1.91. The van der Waals surface area contributed by atoms with Gasteiger partial charge in [0.15, 0.2) is 0 Å². The summed E-state index contributed by atoms with van der Waals surface area (Å²) in [4.78, 5) is 1.30. The van der Waals surface area contributed by atoms with Gasteiger partial charge in [0, 0.05) is 23.4 Å². The van der Waals surface area contributed by atoms with Gasteiger partial charge in [-0.05, 0) is 42.6 Å². The summed E-state index contributed by atoms with van der Waals surface area (Å²) in [5.74, 6) is 0.551. The van der Waals surface area contributed by atoms with Crippen LogP contribution in [0, 0.1) is 5.82 Å². The molecule has 2 nitrogen and oxygen atoms in total. The lowest BCUT2D eigenvalue weighted by atomic mass is 10.2. The summed E-state index contributed by atoms with van der Waals surface area (Å²) in [5.41, 5.74) is 0.879. The number of ether oxygens (including phenoxy) is 1. The Morgan fingerprint density at radius 3 is 2.95 bits per heavy atom. The van der Waals surface area contributed by atoms with Gasteiger partial charge in [0.1, 0.15) is 11.6 Å². The third-order valence-electron chi connectivity index (χ3n) is 2.95. The maximum atomic E-state index is 13.3. The van der Waals surface area contributed by atoms with Gasteiger partial charge in [0.2, 0.25) is 0 Å². The Morgan fingerprint density at radius 1 is 1.30 bits per heavy atom. The highest BCUT2D eigenvalue weighted by atomic mass is 32.1. The van der Waals surface area contributed by atoms with Crippen LogP contribution < -0.4 is 10.1 Å². The van der Waals surface area contributed by atoms with Crippen LogP contribution in [0.4, 0.5) is 4.39 Å². The maximum absolute atomic E-state index is 13.3. The van der Waals surface area contributed by atoms with E-state index in [1.54, 1.807) is 23.5 Å². The van der Waals surface area contributed by atoms with Gasteiger partial charge >= 0.3 is 0 Å². The molecule has 0 spiro atoms. The van der Waals surface area contributed by atoms with Gasteiger partial charge < -0.3 is 10.1 Å². The standard InChI is InChI=1S/C16H20FNOS/c1-2-8-18-12-13-11-14(17)5-6-16(13)19-9-7-15-4-3-10-20-15/h3-6,10-11,18H,2,7-9,12H2,1H3. The summed E-state index contributed by atoms with van der Waals surface area (Å²) in [6.07, 6.45) is 1.95. The highest BCUT2D eigenvalue weighted by Gasteiger charge is 2.05. The molecule has 0 saturated carbocycles. The van der Waals surface area contributed by atoms with Gasteiger partial charge in [0.05, 0.1) is 6.61 Å². The second-order valence-electron chi connectivity index (χ2n) is 4.61. The molecule has 0 unspecified atom stereocenters. The van der Waals surface area contributed by atoms with Crippen molar-refractivity contribution in [3.63, 3.8) is 0 Å². The largest absolute Gasteiger partial charge is 0.493 e. The van der Waals surface area contributed by atoms with Crippen LogP contribution in [0.1, 0.15) is 23.8 Å². The average molecular weight is 293 g/mol. The van der Waals surface area contributed by atoms with Crippen LogP contribution in [0.3, 0.4) is 0 Å². The van der Waals surface area contributed by atoms with Crippen molar-refractivity contribution in [2.75, 3.05) is 13.2 Å². The Morgan fingerprint density at radius 2 is 2.20 bits per heavy atom. The number of hydrogen-bond acceptors (Lipinski definition) is 3. The zero-order chi connectivity index (χ0) is 14.2. The molecule has 108 valence electrons. The van der Waals surface area contributed by atoms with E-state index < -0.39 is 0 Å². The zero-order valence-corrected chi connectivity index (χ0v) is 12.5. The molecule has 0 aliphatic rings. The second-order valence-corrected chi connectivity index (χ2v) is 5.64. The molecule has 1 heterocycles. The number of nitrogens with one attached hydrogen (secondary N) is 1. The van der Waals surface area contributed by atoms with Crippen molar-refractivity contribution in [1.82, 2.24) is 5.32 Å². The van der Waals surface area contributed by atoms with Crippen molar-refractivity contribution in [1.29, 1.82) is 0 Å². The summed E-state index contributed by atoms with van der Waals surface area (Å²) in [5, 5.41) is 5.34. The monoisotopic (exact) mass is 293 g/mol. The fourth-order valence-corrected chi connectivity index (χ4v) is 2.63. The Kier molecular flexibility index (Phi) is 6.02. The molecule has 2 aromatic rings. The van der Waals surface area contributed by atoms with Crippen molar-refractivity contribution in [2.45, 2.75) is 26.3 Å². The van der Waals surface area contributed by atoms with Crippen LogP contribution in [-0.2, 0) is 13.0 Å². The van der Waals surface area contributed by atoms with Crippen molar-refractivity contribution in [3.8, 4) is 5.75 Å². The minimum atomic E-state index is -0.219. The smallest absolute Gasteiger partial charge is 0.123 e. The molecule has 0 amide bonds. The zero-order valence-electron chi connectivity index (χ0n) is 11.7. The molecule has 0 aliphatic carbocycles. The van der Waals surface area contributed by atoms with Crippen LogP contribution in [0.15, 0.2) is 35.7 Å². The van der Waals surface area contributed by atoms with Gasteiger partial charge in [-0.3, -0.25) is 0 Å². The van der Waals surface area contributed by atoms with Crippen LogP contribution >= 0.6 is 11.3 Å². The predicted octanol–water partition coefficient (Wildman–Crippen LogP) is 4.01. The van der Waals surface area contributed by atoms with E-state index in [0.29, 0.717) is 13.2 Å². The van der Waals surface area contributed by atoms with Gasteiger partial charge in [-0.15, -0.1) is 11.3 Å². The molecule has 4 heteroatoms. The SMILES string of the molecule is CCCNCc1cc(F)ccc1OCCc1cccs1. The Labute approximate surface area is 123 Å². The average Bonchev–Trinajstić information content (AvgIpc) is 2.95. The van der Waals surface area contributed by atoms with Gasteiger partial charge in [-0.25, -0.2) is 4.39 Å². The van der Waals surface area contributed by atoms with Crippen molar-refractivity contribution in [3.05, 3.63) is 52.0 Å². The third kappa shape index (κ3) is 4.62. The van der Waals surface area contributed by atoms with Crippen molar-refractivity contribution in [2.24, 2.45) is 0 Å². The van der Waals surface area contributed by atoms with Crippen molar-refractivity contribution < 1.29 is 9.13 Å². The van der Waals surface area contributed by atoms with Gasteiger partial charge in [0.25, 0.3) is 0 Å². The molecule has 20 heavy (non-hydrogen) atoms. The topological polar surface area (TPSA) is 21.3 Å². The van der Waals surface area contributed by atoms with Crippen LogP contribution in [0.5, 0.6) is 5.75 Å². The number of rotatable bonds is 8. The van der Waals surface area contributed by atoms with E-state index in [4.69, 9.17) is 4.74 Å². The lowest BCUT2D eigenvalue weighted by molar-refractivity contribution is 0.318. The number of thiophene rings is 1. The number of hydrogen-bond donors (Lipinski definition) is 1. The summed E-state index contributed by atoms with van der Waals surface area (Å²) < 4.78 is 19.1. The molecule has 1 aromatic carbocycles. The van der Waals surface area contributed by atoms with Crippen LogP contribution in [-0.4, -0.2) is 13.2 Å². The summed E-state index contributed by atoms with van der Waals surface area (Å²) in [6, 6.07) is 8.85. The van der Waals surface area contributed by atoms with E-state index in [1.165, 1.54) is 10.9 Å². The molecule has 0 bridgehead atoms. The normalized spacial score (nSPS) is 10.7. The molecular formula is C16H20FNOS. The molecule has 0 fully saturated rings. The molecular weight excluding hydrogens is 273 g/mol. The van der Waals surface area contributed by atoms with Gasteiger partial charge in [-0.2, -0.15) is 0 Å². The molecule has 1 aromatic heterocycles. The van der Waals surface area contributed by atoms with E-state index in [1.807, 2.05) is 6.07 Å². The fourth-order valence-electron chi connectivity index (χ4n) is 1.94. The highest BCUT2D eigenvalue weighted by molar-refractivity contribution is 7.09. The van der Waals surface area contributed by atoms with E-state index >= 15 is 0 Å². The number of halogens is 1. The maximum Gasteiger partial charge on any atom is 0.123 e. The first-order valence-corrected chi connectivity index (χ1v) is 7.82. The van der Waals surface area contributed by atoms with Crippen LogP contribution in [0.25, 0.3) is 0 Å². The first-order chi connectivity index (χ1) is 9.79. The molecule has 1 N–H and O–H groups in total. The first-order valence-electron chi connectivity index (χ1n) is 6.94. The summed E-state index contributed by atoms with van der Waals surface area (Å²) >= 11 is 1.73. The minimum absolute atomic E-state index is 0.219. The molecule has 0 atom stereocenters. The van der Waals surface area contributed by atoms with E-state index in [-0.39, 0.29) is 5.82 Å². The van der Waals surface area contributed by atoms with Crippen LogP contribution in [0.2, 0.25) is 0 Å². The third-order valence-corrected chi connectivity index (χ3v) is 3.89. The predicted molar refractivity (Wildman–Crippen MR) is 81.9 cm³/mol. The Bertz CT molecular complexity index is 513. The quantitative estimate of drug-likeness (QED) is 0.743. The first kappa shape index (κ1) is 15.0. The summed E-state index contributed by atoms with van der Waals surface area (Å²) in [6.45, 7) is 4.29. The molecule has 0 aliphatic heterocycles. The minimum Gasteiger partial charge on any atom is -0.493 e. The van der Waals surface area contributed by atoms with E-state index in [2.05, 4.69) is 23.7 Å². The summed E-state index contributed by atoms with van der Waals surface area (Å²) in [7, 11) is 0. The number of benzene rings is 1. The van der Waals surface area contributed by atoms with Gasteiger partial charge in [-0.1, -0.05) is 13.0 Å². The lowest BCUT2D eigenvalue weighted by Crippen LogP contribution is -2.15. The lowest BCUT2D eigenvalue weighted by Gasteiger charge is -2.12.